The van der Waals surface area contributed by atoms with E-state index >= 15 is 0 Å². The molecule has 2 aromatic rings. The highest BCUT2D eigenvalue weighted by molar-refractivity contribution is 9.10. The van der Waals surface area contributed by atoms with E-state index in [9.17, 15) is 9.90 Å². The van der Waals surface area contributed by atoms with Crippen LogP contribution in [0, 0.1) is 0 Å². The van der Waals surface area contributed by atoms with Gasteiger partial charge in [-0.05, 0) is 30.2 Å². The zero-order valence-corrected chi connectivity index (χ0v) is 11.0. The van der Waals surface area contributed by atoms with Crippen molar-refractivity contribution in [1.82, 2.24) is 9.97 Å². The smallest absolute Gasteiger partial charge is 0.312 e. The highest BCUT2D eigenvalue weighted by Crippen LogP contribution is 2.21. The molecule has 0 saturated carbocycles. The van der Waals surface area contributed by atoms with Crippen molar-refractivity contribution in [3.8, 4) is 0 Å². The Labute approximate surface area is 113 Å². The molecule has 5 heteroatoms. The molecule has 4 nitrogen and oxygen atoms in total. The summed E-state index contributed by atoms with van der Waals surface area (Å²) >= 11 is 3.37. The summed E-state index contributed by atoms with van der Waals surface area (Å²) in [6.07, 6.45) is 3.33. The molecule has 0 fully saturated rings. The molecule has 92 valence electrons. The normalized spacial score (nSPS) is 12.1. The van der Waals surface area contributed by atoms with Crippen LogP contribution in [0.25, 0.3) is 0 Å². The minimum absolute atomic E-state index is 0.409. The number of hydrogen-bond donors (Lipinski definition) is 1. The van der Waals surface area contributed by atoms with Crippen LogP contribution in [-0.2, 0) is 11.2 Å². The Morgan fingerprint density at radius 1 is 1.39 bits per heavy atom. The Morgan fingerprint density at radius 2 is 2.22 bits per heavy atom. The van der Waals surface area contributed by atoms with Crippen molar-refractivity contribution >= 4 is 21.9 Å². The van der Waals surface area contributed by atoms with Crippen molar-refractivity contribution in [2.75, 3.05) is 0 Å². The molecular formula is C13H11BrN2O2. The SMILES string of the molecule is O=C(O)C(Cc1cccc(Br)c1)c1ccncn1. The third kappa shape index (κ3) is 3.13. The Balaban J connectivity index is 2.25. The van der Waals surface area contributed by atoms with E-state index < -0.39 is 11.9 Å². The first-order valence-electron chi connectivity index (χ1n) is 5.40. The van der Waals surface area contributed by atoms with E-state index in [4.69, 9.17) is 0 Å². The van der Waals surface area contributed by atoms with Gasteiger partial charge in [0.15, 0.2) is 0 Å². The first-order valence-corrected chi connectivity index (χ1v) is 6.19. The molecule has 1 N–H and O–H groups in total. The van der Waals surface area contributed by atoms with E-state index in [0.29, 0.717) is 12.1 Å². The summed E-state index contributed by atoms with van der Waals surface area (Å²) < 4.78 is 0.937. The molecular weight excluding hydrogens is 296 g/mol. The van der Waals surface area contributed by atoms with E-state index in [0.717, 1.165) is 10.0 Å². The molecule has 0 saturated heterocycles. The fourth-order valence-electron chi connectivity index (χ4n) is 1.73. The Hall–Kier alpha value is -1.75. The highest BCUT2D eigenvalue weighted by Gasteiger charge is 2.21. The predicted molar refractivity (Wildman–Crippen MR) is 70.3 cm³/mol. The van der Waals surface area contributed by atoms with Gasteiger partial charge in [0.1, 0.15) is 12.2 Å². The average Bonchev–Trinajstić information content (AvgIpc) is 2.37. The van der Waals surface area contributed by atoms with Crippen molar-refractivity contribution in [3.63, 3.8) is 0 Å². The third-order valence-electron chi connectivity index (χ3n) is 2.59. The van der Waals surface area contributed by atoms with Crippen LogP contribution in [-0.4, -0.2) is 21.0 Å². The monoisotopic (exact) mass is 306 g/mol. The summed E-state index contributed by atoms with van der Waals surface area (Å²) in [6.45, 7) is 0. The molecule has 0 aliphatic carbocycles. The number of hydrogen-bond acceptors (Lipinski definition) is 3. The fraction of sp³-hybridized carbons (Fsp3) is 0.154. The number of aliphatic carboxylic acids is 1. The maximum absolute atomic E-state index is 11.3. The number of halogens is 1. The van der Waals surface area contributed by atoms with Gasteiger partial charge in [0.05, 0.1) is 5.69 Å². The second-order valence-electron chi connectivity index (χ2n) is 3.86. The highest BCUT2D eigenvalue weighted by atomic mass is 79.9. The first kappa shape index (κ1) is 12.7. The molecule has 1 aromatic carbocycles. The van der Waals surface area contributed by atoms with Crippen LogP contribution >= 0.6 is 15.9 Å². The molecule has 0 aliphatic rings. The topological polar surface area (TPSA) is 63.1 Å². The molecule has 1 atom stereocenters. The summed E-state index contributed by atoms with van der Waals surface area (Å²) in [5.74, 6) is -1.53. The third-order valence-corrected chi connectivity index (χ3v) is 3.08. The summed E-state index contributed by atoms with van der Waals surface area (Å²) in [7, 11) is 0. The van der Waals surface area contributed by atoms with E-state index in [-0.39, 0.29) is 0 Å². The van der Waals surface area contributed by atoms with Crippen molar-refractivity contribution in [3.05, 3.63) is 58.6 Å². The molecule has 1 unspecified atom stereocenters. The lowest BCUT2D eigenvalue weighted by Gasteiger charge is -2.11. The second kappa shape index (κ2) is 5.73. The lowest BCUT2D eigenvalue weighted by molar-refractivity contribution is -0.138. The van der Waals surface area contributed by atoms with Gasteiger partial charge in [0.2, 0.25) is 0 Å². The standard InChI is InChI=1S/C13H11BrN2O2/c14-10-3-1-2-9(6-10)7-11(13(17)18)12-4-5-15-8-16-12/h1-6,8,11H,7H2,(H,17,18). The van der Waals surface area contributed by atoms with Gasteiger partial charge in [0, 0.05) is 10.7 Å². The number of benzene rings is 1. The quantitative estimate of drug-likeness (QED) is 0.943. The minimum Gasteiger partial charge on any atom is -0.481 e. The number of carboxylic acid groups (broad SMARTS) is 1. The summed E-state index contributed by atoms with van der Waals surface area (Å²) in [5, 5.41) is 9.29. The van der Waals surface area contributed by atoms with E-state index in [1.807, 2.05) is 24.3 Å². The summed E-state index contributed by atoms with van der Waals surface area (Å²) in [4.78, 5) is 19.1. The van der Waals surface area contributed by atoms with Crippen LogP contribution in [0.1, 0.15) is 17.2 Å². The lowest BCUT2D eigenvalue weighted by Crippen LogP contribution is -2.15. The van der Waals surface area contributed by atoms with Crippen molar-refractivity contribution in [1.29, 1.82) is 0 Å². The zero-order chi connectivity index (χ0) is 13.0. The Kier molecular flexibility index (Phi) is 4.04. The molecule has 0 aliphatic heterocycles. The lowest BCUT2D eigenvalue weighted by atomic mass is 9.96. The van der Waals surface area contributed by atoms with Crippen LogP contribution in [0.3, 0.4) is 0 Å². The molecule has 1 aromatic heterocycles. The zero-order valence-electron chi connectivity index (χ0n) is 9.45. The number of carbonyl (C=O) groups is 1. The van der Waals surface area contributed by atoms with Crippen LogP contribution < -0.4 is 0 Å². The van der Waals surface area contributed by atoms with Crippen LogP contribution in [0.5, 0.6) is 0 Å². The molecule has 1 heterocycles. The minimum atomic E-state index is -0.881. The van der Waals surface area contributed by atoms with Gasteiger partial charge in [-0.1, -0.05) is 28.1 Å². The van der Waals surface area contributed by atoms with Crippen LogP contribution in [0.15, 0.2) is 47.3 Å². The van der Waals surface area contributed by atoms with Gasteiger partial charge in [-0.25, -0.2) is 9.97 Å². The van der Waals surface area contributed by atoms with Gasteiger partial charge >= 0.3 is 5.97 Å². The van der Waals surface area contributed by atoms with Gasteiger partial charge < -0.3 is 5.11 Å². The first-order chi connectivity index (χ1) is 8.66. The molecule has 0 bridgehead atoms. The van der Waals surface area contributed by atoms with Crippen LogP contribution in [0.4, 0.5) is 0 Å². The van der Waals surface area contributed by atoms with Gasteiger partial charge in [-0.2, -0.15) is 0 Å². The molecule has 2 rings (SSSR count). The van der Waals surface area contributed by atoms with Gasteiger partial charge in [0.25, 0.3) is 0 Å². The second-order valence-corrected chi connectivity index (χ2v) is 4.77. The molecule has 18 heavy (non-hydrogen) atoms. The number of aromatic nitrogens is 2. The average molecular weight is 307 g/mol. The molecule has 0 radical (unpaired) electrons. The van der Waals surface area contributed by atoms with E-state index in [1.165, 1.54) is 6.33 Å². The van der Waals surface area contributed by atoms with Gasteiger partial charge in [-0.3, -0.25) is 4.79 Å². The Bertz CT molecular complexity index is 546. The van der Waals surface area contributed by atoms with Crippen molar-refractivity contribution in [2.45, 2.75) is 12.3 Å². The maximum Gasteiger partial charge on any atom is 0.312 e. The maximum atomic E-state index is 11.3. The van der Waals surface area contributed by atoms with Crippen molar-refractivity contribution < 1.29 is 9.90 Å². The summed E-state index contributed by atoms with van der Waals surface area (Å²) in [6, 6.07) is 9.25. The largest absolute Gasteiger partial charge is 0.481 e. The van der Waals surface area contributed by atoms with Gasteiger partial charge in [-0.15, -0.1) is 0 Å². The summed E-state index contributed by atoms with van der Waals surface area (Å²) in [5.41, 5.74) is 1.48. The Morgan fingerprint density at radius 3 is 2.83 bits per heavy atom. The van der Waals surface area contributed by atoms with E-state index in [2.05, 4.69) is 25.9 Å². The number of rotatable bonds is 4. The van der Waals surface area contributed by atoms with E-state index in [1.54, 1.807) is 12.3 Å². The number of carboxylic acids is 1. The van der Waals surface area contributed by atoms with Crippen LogP contribution in [0.2, 0.25) is 0 Å². The molecule has 0 amide bonds. The number of nitrogens with zero attached hydrogens (tertiary/aromatic N) is 2. The predicted octanol–water partition coefficient (Wildman–Crippen LogP) is 2.65. The van der Waals surface area contributed by atoms with Crippen molar-refractivity contribution in [2.24, 2.45) is 0 Å². The molecule has 0 spiro atoms. The fourth-order valence-corrected chi connectivity index (χ4v) is 2.17.